The molecule has 0 unspecified atom stereocenters. The van der Waals surface area contributed by atoms with Crippen LogP contribution in [-0.2, 0) is 23.6 Å². The maximum absolute atomic E-state index is 13.2. The summed E-state index contributed by atoms with van der Waals surface area (Å²) < 4.78 is 42.1. The Morgan fingerprint density at radius 3 is 2.80 bits per heavy atom. The van der Waals surface area contributed by atoms with Crippen LogP contribution >= 0.6 is 11.6 Å². The molecular weight excluding hydrogens is 367 g/mol. The molecule has 0 aliphatic carbocycles. The molecule has 25 heavy (non-hydrogen) atoms. The molecule has 3 rings (SSSR count). The summed E-state index contributed by atoms with van der Waals surface area (Å²) in [5, 5.41) is 3.85. The smallest absolute Gasteiger partial charge is 0.240 e. The van der Waals surface area contributed by atoms with Crippen LogP contribution in [0.1, 0.15) is 5.56 Å². The number of nitrogens with one attached hydrogen (secondary N) is 1. The first-order valence-corrected chi connectivity index (χ1v) is 9.10. The van der Waals surface area contributed by atoms with Gasteiger partial charge in [0.15, 0.2) is 0 Å². The van der Waals surface area contributed by atoms with Crippen LogP contribution in [0.2, 0.25) is 5.02 Å². The number of rotatable bonds is 5. The number of aromatic nitrogens is 3. The second-order valence-corrected chi connectivity index (χ2v) is 7.49. The van der Waals surface area contributed by atoms with Crippen LogP contribution in [0, 0.1) is 5.82 Å². The number of benzene rings is 1. The van der Waals surface area contributed by atoms with Crippen molar-refractivity contribution in [1.82, 2.24) is 19.5 Å². The van der Waals surface area contributed by atoms with Gasteiger partial charge >= 0.3 is 0 Å². The van der Waals surface area contributed by atoms with Crippen molar-refractivity contribution in [3.05, 3.63) is 65.3 Å². The molecule has 0 spiro atoms. The van der Waals surface area contributed by atoms with Gasteiger partial charge in [0.2, 0.25) is 10.0 Å². The monoisotopic (exact) mass is 380 g/mol. The van der Waals surface area contributed by atoms with Gasteiger partial charge in [-0.2, -0.15) is 5.10 Å². The van der Waals surface area contributed by atoms with Crippen molar-refractivity contribution in [3.63, 3.8) is 0 Å². The highest BCUT2D eigenvalue weighted by Crippen LogP contribution is 2.22. The fourth-order valence-electron chi connectivity index (χ4n) is 2.28. The lowest BCUT2D eigenvalue weighted by atomic mass is 10.1. The maximum Gasteiger partial charge on any atom is 0.240 e. The van der Waals surface area contributed by atoms with E-state index in [0.717, 1.165) is 23.8 Å². The van der Waals surface area contributed by atoms with Crippen molar-refractivity contribution < 1.29 is 12.8 Å². The summed E-state index contributed by atoms with van der Waals surface area (Å²) in [5.74, 6) is -0.674. The van der Waals surface area contributed by atoms with Crippen molar-refractivity contribution in [2.24, 2.45) is 7.05 Å². The lowest BCUT2D eigenvalue weighted by Gasteiger charge is -2.10. The average Bonchev–Trinajstić information content (AvgIpc) is 3.02. The van der Waals surface area contributed by atoms with Gasteiger partial charge in [0.25, 0.3) is 0 Å². The third kappa shape index (κ3) is 3.87. The van der Waals surface area contributed by atoms with Crippen LogP contribution in [-0.4, -0.2) is 23.2 Å². The van der Waals surface area contributed by atoms with E-state index in [9.17, 15) is 12.8 Å². The van der Waals surface area contributed by atoms with E-state index in [2.05, 4.69) is 14.8 Å². The van der Waals surface area contributed by atoms with Gasteiger partial charge in [-0.3, -0.25) is 9.67 Å². The van der Waals surface area contributed by atoms with Gasteiger partial charge in [-0.25, -0.2) is 17.5 Å². The fourth-order valence-corrected chi connectivity index (χ4v) is 3.56. The molecule has 0 aliphatic rings. The number of nitrogens with zero attached hydrogens (tertiary/aromatic N) is 3. The van der Waals surface area contributed by atoms with Crippen LogP contribution in [0.5, 0.6) is 0 Å². The Labute approximate surface area is 149 Å². The molecule has 0 aliphatic heterocycles. The number of hydrogen-bond acceptors (Lipinski definition) is 4. The van der Waals surface area contributed by atoms with Crippen LogP contribution in [0.4, 0.5) is 4.39 Å². The number of sulfonamides is 1. The predicted octanol–water partition coefficient (Wildman–Crippen LogP) is 2.75. The Balaban J connectivity index is 1.85. The molecular formula is C16H14ClFN4O2S. The van der Waals surface area contributed by atoms with Crippen molar-refractivity contribution >= 4 is 21.6 Å². The zero-order chi connectivity index (χ0) is 18.0. The lowest BCUT2D eigenvalue weighted by Crippen LogP contribution is -2.23. The Kier molecular flexibility index (Phi) is 4.85. The molecule has 0 atom stereocenters. The Morgan fingerprint density at radius 1 is 1.32 bits per heavy atom. The fraction of sp³-hybridized carbons (Fsp3) is 0.125. The van der Waals surface area contributed by atoms with Crippen LogP contribution in [0.3, 0.4) is 0 Å². The second-order valence-electron chi connectivity index (χ2n) is 5.31. The minimum Gasteiger partial charge on any atom is -0.275 e. The van der Waals surface area contributed by atoms with Crippen LogP contribution < -0.4 is 4.72 Å². The standard InChI is InChI=1S/C16H14ClFN4O2S/c1-22-10-12(8-20-22)16-11(3-2-6-19-16)9-21-25(23,24)13-4-5-15(18)14(17)7-13/h2-8,10,21H,9H2,1H3. The minimum atomic E-state index is -3.84. The highest BCUT2D eigenvalue weighted by atomic mass is 35.5. The number of halogens is 2. The summed E-state index contributed by atoms with van der Waals surface area (Å²) in [5.41, 5.74) is 2.10. The van der Waals surface area contributed by atoms with Gasteiger partial charge in [0, 0.05) is 31.5 Å². The van der Waals surface area contributed by atoms with Crippen molar-refractivity contribution in [1.29, 1.82) is 0 Å². The highest BCUT2D eigenvalue weighted by molar-refractivity contribution is 7.89. The van der Waals surface area contributed by atoms with E-state index in [-0.39, 0.29) is 16.5 Å². The lowest BCUT2D eigenvalue weighted by molar-refractivity contribution is 0.580. The van der Waals surface area contributed by atoms with Crippen molar-refractivity contribution in [3.8, 4) is 11.3 Å². The molecule has 0 bridgehead atoms. The maximum atomic E-state index is 13.2. The molecule has 1 aromatic carbocycles. The van der Waals surface area contributed by atoms with E-state index in [1.165, 1.54) is 0 Å². The van der Waals surface area contributed by atoms with Crippen LogP contribution in [0.25, 0.3) is 11.3 Å². The first-order valence-electron chi connectivity index (χ1n) is 7.24. The topological polar surface area (TPSA) is 76.9 Å². The van der Waals surface area contributed by atoms with Gasteiger partial charge in [0.05, 0.1) is 21.8 Å². The molecule has 6 nitrogen and oxygen atoms in total. The zero-order valence-corrected chi connectivity index (χ0v) is 14.7. The van der Waals surface area contributed by atoms with E-state index >= 15 is 0 Å². The summed E-state index contributed by atoms with van der Waals surface area (Å²) in [6.45, 7) is 0.0232. The number of aryl methyl sites for hydroxylation is 1. The normalized spacial score (nSPS) is 11.6. The molecule has 0 amide bonds. The Morgan fingerprint density at radius 2 is 2.12 bits per heavy atom. The van der Waals surface area contributed by atoms with Gasteiger partial charge < -0.3 is 0 Å². The van der Waals surface area contributed by atoms with Gasteiger partial charge in [-0.15, -0.1) is 0 Å². The summed E-state index contributed by atoms with van der Waals surface area (Å²) >= 11 is 5.66. The Hall–Kier alpha value is -2.29. The average molecular weight is 381 g/mol. The van der Waals surface area contributed by atoms with E-state index in [1.54, 1.807) is 42.5 Å². The van der Waals surface area contributed by atoms with E-state index in [4.69, 9.17) is 11.6 Å². The van der Waals surface area contributed by atoms with Gasteiger partial charge in [-0.1, -0.05) is 17.7 Å². The third-order valence-corrected chi connectivity index (χ3v) is 5.21. The van der Waals surface area contributed by atoms with Gasteiger partial charge in [-0.05, 0) is 29.8 Å². The first-order chi connectivity index (χ1) is 11.9. The summed E-state index contributed by atoms with van der Waals surface area (Å²) in [7, 11) is -2.06. The van der Waals surface area contributed by atoms with Crippen molar-refractivity contribution in [2.45, 2.75) is 11.4 Å². The van der Waals surface area contributed by atoms with Crippen LogP contribution in [0.15, 0.2) is 53.8 Å². The second kappa shape index (κ2) is 6.91. The molecule has 2 heterocycles. The molecule has 0 saturated carbocycles. The summed E-state index contributed by atoms with van der Waals surface area (Å²) in [6, 6.07) is 6.75. The SMILES string of the molecule is Cn1cc(-c2ncccc2CNS(=O)(=O)c2ccc(F)c(Cl)c2)cn1. The highest BCUT2D eigenvalue weighted by Gasteiger charge is 2.17. The van der Waals surface area contributed by atoms with Crippen molar-refractivity contribution in [2.75, 3.05) is 0 Å². The molecule has 3 aromatic rings. The zero-order valence-electron chi connectivity index (χ0n) is 13.1. The first kappa shape index (κ1) is 17.5. The molecule has 0 fully saturated rings. The molecule has 130 valence electrons. The third-order valence-electron chi connectivity index (χ3n) is 3.52. The molecule has 0 saturated heterocycles. The van der Waals surface area contributed by atoms with E-state index in [0.29, 0.717) is 11.3 Å². The quantitative estimate of drug-likeness (QED) is 0.738. The largest absolute Gasteiger partial charge is 0.275 e. The molecule has 1 N–H and O–H groups in total. The van der Waals surface area contributed by atoms with E-state index in [1.807, 2.05) is 0 Å². The number of pyridine rings is 1. The predicted molar refractivity (Wildman–Crippen MR) is 91.9 cm³/mol. The van der Waals surface area contributed by atoms with Gasteiger partial charge in [0.1, 0.15) is 5.82 Å². The summed E-state index contributed by atoms with van der Waals surface area (Å²) in [4.78, 5) is 4.20. The number of hydrogen-bond donors (Lipinski definition) is 1. The van der Waals surface area contributed by atoms with E-state index < -0.39 is 15.8 Å². The molecule has 2 aromatic heterocycles. The summed E-state index contributed by atoms with van der Waals surface area (Å²) in [6.07, 6.45) is 5.07. The molecule has 9 heteroatoms. The minimum absolute atomic E-state index is 0.0232. The Bertz CT molecular complexity index is 1020. The molecule has 0 radical (unpaired) electrons.